The van der Waals surface area contributed by atoms with Crippen LogP contribution < -0.4 is 5.32 Å². The normalized spacial score (nSPS) is 20.4. The zero-order chi connectivity index (χ0) is 17.9. The van der Waals surface area contributed by atoms with Crippen LogP contribution in [0.3, 0.4) is 0 Å². The van der Waals surface area contributed by atoms with Crippen LogP contribution in [-0.4, -0.2) is 52.9 Å². The van der Waals surface area contributed by atoms with Crippen molar-refractivity contribution in [3.8, 4) is 0 Å². The van der Waals surface area contributed by atoms with Crippen molar-refractivity contribution in [3.63, 3.8) is 0 Å². The average molecular weight is 352 g/mol. The quantitative estimate of drug-likeness (QED) is 0.903. The third-order valence-electron chi connectivity index (χ3n) is 5.29. The Morgan fingerprint density at radius 2 is 1.73 bits per heavy atom. The summed E-state index contributed by atoms with van der Waals surface area (Å²) in [6.07, 6.45) is 3.83. The topological polar surface area (TPSA) is 65.5 Å². The fraction of sp³-hybridized carbons (Fsp3) is 0.450. The fourth-order valence-electron chi connectivity index (χ4n) is 3.84. The van der Waals surface area contributed by atoms with Gasteiger partial charge in [0.2, 0.25) is 5.91 Å². The molecule has 6 nitrogen and oxygen atoms in total. The number of amides is 3. The predicted molar refractivity (Wildman–Crippen MR) is 101 cm³/mol. The molecule has 0 spiro atoms. The van der Waals surface area contributed by atoms with Crippen LogP contribution in [0.1, 0.15) is 25.7 Å². The third-order valence-corrected chi connectivity index (χ3v) is 5.29. The lowest BCUT2D eigenvalue weighted by atomic mass is 9.97. The van der Waals surface area contributed by atoms with Crippen LogP contribution in [0.2, 0.25) is 0 Å². The van der Waals surface area contributed by atoms with Gasteiger partial charge in [0.1, 0.15) is 5.82 Å². The van der Waals surface area contributed by atoms with Gasteiger partial charge in [0.15, 0.2) is 0 Å². The van der Waals surface area contributed by atoms with Gasteiger partial charge in [0.25, 0.3) is 0 Å². The van der Waals surface area contributed by atoms with Gasteiger partial charge in [-0.25, -0.2) is 9.78 Å². The van der Waals surface area contributed by atoms with Gasteiger partial charge in [0.05, 0.1) is 11.4 Å². The molecule has 2 aliphatic rings. The number of hydrogen-bond acceptors (Lipinski definition) is 3. The molecule has 0 unspecified atom stereocenters. The molecule has 0 radical (unpaired) electrons. The summed E-state index contributed by atoms with van der Waals surface area (Å²) in [5.74, 6) is 0.340. The molecule has 136 valence electrons. The average Bonchev–Trinajstić information content (AvgIpc) is 3.22. The van der Waals surface area contributed by atoms with Crippen LogP contribution in [0.25, 0.3) is 10.9 Å². The second-order valence-corrected chi connectivity index (χ2v) is 7.14. The zero-order valence-electron chi connectivity index (χ0n) is 14.9. The molecule has 4 rings (SSSR count). The highest BCUT2D eigenvalue weighted by Gasteiger charge is 2.31. The molecule has 6 heteroatoms. The van der Waals surface area contributed by atoms with Crippen molar-refractivity contribution < 1.29 is 9.59 Å². The fourth-order valence-corrected chi connectivity index (χ4v) is 3.84. The number of urea groups is 1. The molecular weight excluding hydrogens is 328 g/mol. The summed E-state index contributed by atoms with van der Waals surface area (Å²) in [6, 6.07) is 11.7. The predicted octanol–water partition coefficient (Wildman–Crippen LogP) is 3.10. The Balaban J connectivity index is 1.41. The Morgan fingerprint density at radius 3 is 2.58 bits per heavy atom. The van der Waals surface area contributed by atoms with Crippen LogP contribution in [-0.2, 0) is 4.79 Å². The Kier molecular flexibility index (Phi) is 4.73. The molecule has 2 saturated heterocycles. The number of benzene rings is 1. The smallest absolute Gasteiger partial charge is 0.320 e. The van der Waals surface area contributed by atoms with Gasteiger partial charge >= 0.3 is 6.03 Å². The van der Waals surface area contributed by atoms with Gasteiger partial charge in [-0.3, -0.25) is 4.79 Å². The maximum Gasteiger partial charge on any atom is 0.320 e. The number of pyridine rings is 1. The minimum atomic E-state index is -0.177. The highest BCUT2D eigenvalue weighted by Crippen LogP contribution is 2.22. The molecule has 3 amide bonds. The standard InChI is InChI=1S/C20H24N4O2/c25-19(22-18-10-9-15-6-1-2-8-17(15)21-18)16-7-5-13-24(14-16)20(26)23-11-3-4-12-23/h1-2,6,8-10,16H,3-5,7,11-14H2,(H,21,22,25)/t16-/m1/s1. The lowest BCUT2D eigenvalue weighted by Gasteiger charge is -2.34. The summed E-state index contributed by atoms with van der Waals surface area (Å²) in [6.45, 7) is 2.92. The first-order valence-electron chi connectivity index (χ1n) is 9.41. The van der Waals surface area contributed by atoms with E-state index in [-0.39, 0.29) is 17.9 Å². The number of carbonyl (C=O) groups excluding carboxylic acids is 2. The Labute approximate surface area is 153 Å². The summed E-state index contributed by atoms with van der Waals surface area (Å²) >= 11 is 0. The van der Waals surface area contributed by atoms with Crippen molar-refractivity contribution in [2.75, 3.05) is 31.5 Å². The number of aromatic nitrogens is 1. The van der Waals surface area contributed by atoms with E-state index in [0.29, 0.717) is 12.4 Å². The Morgan fingerprint density at radius 1 is 0.962 bits per heavy atom. The van der Waals surface area contributed by atoms with Crippen molar-refractivity contribution in [1.29, 1.82) is 0 Å². The Bertz CT molecular complexity index is 816. The number of anilines is 1. The molecule has 0 bridgehead atoms. The number of nitrogens with zero attached hydrogens (tertiary/aromatic N) is 3. The monoisotopic (exact) mass is 352 g/mol. The maximum atomic E-state index is 12.7. The van der Waals surface area contributed by atoms with E-state index < -0.39 is 0 Å². The second-order valence-electron chi connectivity index (χ2n) is 7.14. The molecule has 2 fully saturated rings. The summed E-state index contributed by atoms with van der Waals surface area (Å²) in [7, 11) is 0. The van der Waals surface area contributed by atoms with Crippen molar-refractivity contribution in [2.24, 2.45) is 5.92 Å². The van der Waals surface area contributed by atoms with E-state index in [9.17, 15) is 9.59 Å². The number of piperidine rings is 1. The number of likely N-dealkylation sites (tertiary alicyclic amines) is 2. The van der Waals surface area contributed by atoms with Gasteiger partial charge < -0.3 is 15.1 Å². The van der Waals surface area contributed by atoms with Crippen LogP contribution in [0.5, 0.6) is 0 Å². The van der Waals surface area contributed by atoms with E-state index in [0.717, 1.165) is 56.2 Å². The van der Waals surface area contributed by atoms with E-state index in [1.165, 1.54) is 0 Å². The van der Waals surface area contributed by atoms with Crippen molar-refractivity contribution in [1.82, 2.24) is 14.8 Å². The molecule has 1 aromatic heterocycles. The summed E-state index contributed by atoms with van der Waals surface area (Å²) in [5.41, 5.74) is 0.861. The third kappa shape index (κ3) is 3.49. The molecule has 1 aromatic carbocycles. The maximum absolute atomic E-state index is 12.7. The van der Waals surface area contributed by atoms with E-state index in [1.54, 1.807) is 0 Å². The first-order valence-corrected chi connectivity index (χ1v) is 9.41. The number of carbonyl (C=O) groups is 2. The van der Waals surface area contributed by atoms with Crippen molar-refractivity contribution in [3.05, 3.63) is 36.4 Å². The molecule has 2 aromatic rings. The number of fused-ring (bicyclic) bond motifs is 1. The van der Waals surface area contributed by atoms with E-state index >= 15 is 0 Å². The number of para-hydroxylation sites is 1. The van der Waals surface area contributed by atoms with Crippen LogP contribution in [0.4, 0.5) is 10.6 Å². The van der Waals surface area contributed by atoms with E-state index in [1.807, 2.05) is 46.2 Å². The van der Waals surface area contributed by atoms with Crippen LogP contribution >= 0.6 is 0 Å². The molecule has 0 aliphatic carbocycles. The molecular formula is C20H24N4O2. The lowest BCUT2D eigenvalue weighted by Crippen LogP contribution is -2.48. The molecule has 3 heterocycles. The summed E-state index contributed by atoms with van der Waals surface area (Å²) < 4.78 is 0. The highest BCUT2D eigenvalue weighted by atomic mass is 16.2. The summed E-state index contributed by atoms with van der Waals surface area (Å²) in [5, 5.41) is 3.98. The van der Waals surface area contributed by atoms with Gasteiger partial charge in [-0.15, -0.1) is 0 Å². The van der Waals surface area contributed by atoms with E-state index in [2.05, 4.69) is 10.3 Å². The number of nitrogens with one attached hydrogen (secondary N) is 1. The lowest BCUT2D eigenvalue weighted by molar-refractivity contribution is -0.121. The van der Waals surface area contributed by atoms with Crippen LogP contribution in [0.15, 0.2) is 36.4 Å². The number of hydrogen-bond donors (Lipinski definition) is 1. The van der Waals surface area contributed by atoms with Gasteiger partial charge in [-0.2, -0.15) is 0 Å². The molecule has 26 heavy (non-hydrogen) atoms. The summed E-state index contributed by atoms with van der Waals surface area (Å²) in [4.78, 5) is 33.5. The largest absolute Gasteiger partial charge is 0.325 e. The number of rotatable bonds is 2. The van der Waals surface area contributed by atoms with Crippen molar-refractivity contribution >= 4 is 28.7 Å². The SMILES string of the molecule is O=C(Nc1ccc2ccccc2n1)[C@@H]1CCCN(C(=O)N2CCCC2)C1. The first kappa shape index (κ1) is 16.8. The molecule has 1 N–H and O–H groups in total. The second kappa shape index (κ2) is 7.32. The minimum Gasteiger partial charge on any atom is -0.325 e. The zero-order valence-corrected chi connectivity index (χ0v) is 14.9. The minimum absolute atomic E-state index is 0.0493. The van der Waals surface area contributed by atoms with E-state index in [4.69, 9.17) is 0 Å². The molecule has 0 saturated carbocycles. The molecule has 1 atom stereocenters. The van der Waals surface area contributed by atoms with Crippen LogP contribution in [0, 0.1) is 5.92 Å². The van der Waals surface area contributed by atoms with Gasteiger partial charge in [0, 0.05) is 31.6 Å². The highest BCUT2D eigenvalue weighted by molar-refractivity contribution is 5.93. The van der Waals surface area contributed by atoms with Gasteiger partial charge in [-0.05, 0) is 43.9 Å². The Hall–Kier alpha value is -2.63. The van der Waals surface area contributed by atoms with Crippen molar-refractivity contribution in [2.45, 2.75) is 25.7 Å². The molecule has 2 aliphatic heterocycles. The first-order chi connectivity index (χ1) is 12.7. The van der Waals surface area contributed by atoms with Gasteiger partial charge in [-0.1, -0.05) is 18.2 Å².